The predicted octanol–water partition coefficient (Wildman–Crippen LogP) is 5.31. The van der Waals surface area contributed by atoms with E-state index >= 15 is 0 Å². The molecule has 184 valence electrons. The molecule has 0 radical (unpaired) electrons. The Morgan fingerprint density at radius 2 is 1.79 bits per heavy atom. The molecule has 1 aromatic heterocycles. The van der Waals surface area contributed by atoms with Crippen LogP contribution in [0.5, 0.6) is 0 Å². The molecule has 0 saturated carbocycles. The number of carbonyl (C=O) groups excluding carboxylic acids is 3. The smallest absolute Gasteiger partial charge is 0.313 e. The number of aryl methyl sites for hydroxylation is 1. The molecule has 1 fully saturated rings. The summed E-state index contributed by atoms with van der Waals surface area (Å²) >= 11 is 1.56. The summed E-state index contributed by atoms with van der Waals surface area (Å²) in [5.41, 5.74) is 0.361. The molecule has 1 saturated heterocycles. The first-order valence-electron chi connectivity index (χ1n) is 12.0. The largest absolute Gasteiger partial charge is 0.458 e. The van der Waals surface area contributed by atoms with Gasteiger partial charge in [-0.1, -0.05) is 33.1 Å². The van der Waals surface area contributed by atoms with Gasteiger partial charge in [0.2, 0.25) is 0 Å². The number of ether oxygens (including phenoxy) is 1. The highest BCUT2D eigenvalue weighted by atomic mass is 32.1. The molecule has 0 aliphatic carbocycles. The minimum Gasteiger partial charge on any atom is -0.458 e. The third kappa shape index (κ3) is 7.57. The Kier molecular flexibility index (Phi) is 9.98. The molecule has 0 bridgehead atoms. The van der Waals surface area contributed by atoms with Crippen LogP contribution in [0.15, 0.2) is 11.0 Å². The van der Waals surface area contributed by atoms with Crippen LogP contribution in [0.4, 0.5) is 0 Å². The summed E-state index contributed by atoms with van der Waals surface area (Å²) in [6.45, 7) is 10.6. The van der Waals surface area contributed by atoms with Crippen LogP contribution >= 0.6 is 11.3 Å². The van der Waals surface area contributed by atoms with Gasteiger partial charge in [0, 0.05) is 11.3 Å². The fourth-order valence-corrected chi connectivity index (χ4v) is 4.95. The number of aliphatic hydroxyl groups excluding tert-OH is 1. The second-order valence-corrected chi connectivity index (χ2v) is 11.1. The molecule has 1 aliphatic rings. The number of hydrogen-bond donors (Lipinski definition) is 1. The molecule has 1 aromatic rings. The van der Waals surface area contributed by atoms with E-state index in [1.165, 1.54) is 13.8 Å². The molecule has 2 heterocycles. The number of aromatic nitrogens is 1. The van der Waals surface area contributed by atoms with Crippen LogP contribution in [0, 0.1) is 24.2 Å². The van der Waals surface area contributed by atoms with Crippen molar-refractivity contribution in [3.8, 4) is 0 Å². The van der Waals surface area contributed by atoms with Crippen LogP contribution in [-0.4, -0.2) is 39.8 Å². The Morgan fingerprint density at radius 3 is 2.39 bits per heavy atom. The first-order chi connectivity index (χ1) is 15.4. The monoisotopic (exact) mass is 477 g/mol. The molecule has 6 nitrogen and oxygen atoms in total. The molecule has 33 heavy (non-hydrogen) atoms. The highest BCUT2D eigenvalue weighted by molar-refractivity contribution is 7.09. The minimum atomic E-state index is -1.37. The summed E-state index contributed by atoms with van der Waals surface area (Å²) in [5.74, 6) is -2.15. The van der Waals surface area contributed by atoms with Crippen molar-refractivity contribution in [2.45, 2.75) is 98.7 Å². The van der Waals surface area contributed by atoms with Crippen molar-refractivity contribution >= 4 is 34.9 Å². The van der Waals surface area contributed by atoms with Crippen molar-refractivity contribution in [2.75, 3.05) is 0 Å². The van der Waals surface area contributed by atoms with E-state index in [2.05, 4.69) is 4.98 Å². The molecular weight excluding hydrogens is 438 g/mol. The van der Waals surface area contributed by atoms with Crippen LogP contribution in [0.1, 0.15) is 90.3 Å². The summed E-state index contributed by atoms with van der Waals surface area (Å²) in [6.07, 6.45) is 5.57. The van der Waals surface area contributed by atoms with E-state index in [4.69, 9.17) is 4.74 Å². The van der Waals surface area contributed by atoms with Crippen molar-refractivity contribution in [1.82, 2.24) is 4.98 Å². The first-order valence-corrected chi connectivity index (χ1v) is 12.9. The van der Waals surface area contributed by atoms with Gasteiger partial charge in [0.1, 0.15) is 12.5 Å². The van der Waals surface area contributed by atoms with Crippen molar-refractivity contribution in [3.05, 3.63) is 21.7 Å². The van der Waals surface area contributed by atoms with Crippen molar-refractivity contribution in [3.63, 3.8) is 0 Å². The van der Waals surface area contributed by atoms with Crippen LogP contribution in [0.2, 0.25) is 0 Å². The molecule has 4 atom stereocenters. The van der Waals surface area contributed by atoms with E-state index in [9.17, 15) is 19.5 Å². The molecule has 0 aromatic carbocycles. The third-order valence-electron chi connectivity index (χ3n) is 6.80. The number of ketones is 2. The Bertz CT molecular complexity index is 872. The zero-order valence-electron chi connectivity index (χ0n) is 20.8. The van der Waals surface area contributed by atoms with Gasteiger partial charge >= 0.3 is 5.97 Å². The van der Waals surface area contributed by atoms with E-state index in [1.54, 1.807) is 18.3 Å². The second-order valence-electron chi connectivity index (χ2n) is 10.00. The second kappa shape index (κ2) is 12.0. The lowest BCUT2D eigenvalue weighted by atomic mass is 9.73. The highest BCUT2D eigenvalue weighted by Gasteiger charge is 2.42. The van der Waals surface area contributed by atoms with Crippen LogP contribution in [0.25, 0.3) is 6.08 Å². The topological polar surface area (TPSA) is 93.6 Å². The molecule has 2 rings (SSSR count). The lowest BCUT2D eigenvalue weighted by Crippen LogP contribution is -2.43. The van der Waals surface area contributed by atoms with E-state index in [0.29, 0.717) is 6.42 Å². The molecule has 7 heteroatoms. The van der Waals surface area contributed by atoms with Gasteiger partial charge in [0.05, 0.1) is 22.2 Å². The number of esters is 1. The number of aliphatic hydroxyl groups is 1. The SMILES string of the molecule is CC(=Cc1csc(C)n1)C1CCCCCCC(C)C(O)C(C)C(=O)C(C)(C)C(=O)CC(=O)O1. The van der Waals surface area contributed by atoms with Gasteiger partial charge in [-0.2, -0.15) is 0 Å². The van der Waals surface area contributed by atoms with Crippen LogP contribution in [-0.2, 0) is 19.1 Å². The van der Waals surface area contributed by atoms with Crippen molar-refractivity contribution < 1.29 is 24.2 Å². The van der Waals surface area contributed by atoms with Crippen molar-refractivity contribution in [2.24, 2.45) is 17.3 Å². The van der Waals surface area contributed by atoms with E-state index in [0.717, 1.165) is 48.4 Å². The zero-order valence-corrected chi connectivity index (χ0v) is 21.7. The van der Waals surface area contributed by atoms with Crippen LogP contribution < -0.4 is 0 Å². The van der Waals surface area contributed by atoms with Gasteiger partial charge in [0.15, 0.2) is 11.6 Å². The average Bonchev–Trinajstić information content (AvgIpc) is 3.16. The average molecular weight is 478 g/mol. The third-order valence-corrected chi connectivity index (χ3v) is 7.59. The highest BCUT2D eigenvalue weighted by Crippen LogP contribution is 2.30. The molecular formula is C26H39NO5S. The first kappa shape index (κ1) is 27.4. The van der Waals surface area contributed by atoms with Gasteiger partial charge in [-0.15, -0.1) is 11.3 Å². The normalized spacial score (nSPS) is 29.1. The Labute approximate surface area is 201 Å². The van der Waals surface area contributed by atoms with Gasteiger partial charge in [-0.25, -0.2) is 4.98 Å². The minimum absolute atomic E-state index is 0.0350. The number of rotatable bonds is 2. The van der Waals surface area contributed by atoms with Gasteiger partial charge in [-0.05, 0) is 64.5 Å². The van der Waals surface area contributed by atoms with Crippen molar-refractivity contribution in [1.29, 1.82) is 0 Å². The summed E-state index contributed by atoms with van der Waals surface area (Å²) in [6, 6.07) is 0. The fourth-order valence-electron chi connectivity index (χ4n) is 4.38. The Hall–Kier alpha value is -1.86. The lowest BCUT2D eigenvalue weighted by Gasteiger charge is -2.30. The van der Waals surface area contributed by atoms with E-state index in [-0.39, 0.29) is 11.7 Å². The quantitative estimate of drug-likeness (QED) is 0.458. The van der Waals surface area contributed by atoms with Gasteiger partial charge in [-0.3, -0.25) is 14.4 Å². The molecule has 1 N–H and O–H groups in total. The molecule has 0 amide bonds. The number of hydrogen-bond acceptors (Lipinski definition) is 7. The maximum atomic E-state index is 13.1. The van der Waals surface area contributed by atoms with Crippen LogP contribution in [0.3, 0.4) is 0 Å². The Morgan fingerprint density at radius 1 is 1.15 bits per heavy atom. The maximum Gasteiger partial charge on any atom is 0.313 e. The predicted molar refractivity (Wildman–Crippen MR) is 131 cm³/mol. The van der Waals surface area contributed by atoms with Gasteiger partial charge < -0.3 is 9.84 Å². The zero-order chi connectivity index (χ0) is 24.8. The summed E-state index contributed by atoms with van der Waals surface area (Å²) in [7, 11) is 0. The lowest BCUT2D eigenvalue weighted by molar-refractivity contribution is -0.153. The number of nitrogens with zero attached hydrogens (tertiary/aromatic N) is 1. The van der Waals surface area contributed by atoms with E-state index < -0.39 is 41.7 Å². The summed E-state index contributed by atoms with van der Waals surface area (Å²) < 4.78 is 5.74. The van der Waals surface area contributed by atoms with Gasteiger partial charge in [0.25, 0.3) is 0 Å². The standard InChI is InChI=1S/C26H39NO5S/c1-16-11-9-7-8-10-12-21(17(2)13-20-15-33-19(4)27-20)32-23(29)14-22(28)26(5,6)25(31)18(3)24(16)30/h13,15-16,18,21,24,30H,7-12,14H2,1-6H3. The number of carbonyl (C=O) groups is 3. The Balaban J connectivity index is 2.23. The summed E-state index contributed by atoms with van der Waals surface area (Å²) in [5, 5.41) is 13.6. The van der Waals surface area contributed by atoms with E-state index in [1.807, 2.05) is 32.2 Å². The fraction of sp³-hybridized carbons (Fsp3) is 0.692. The molecule has 0 spiro atoms. The number of cyclic esters (lactones) is 1. The maximum absolute atomic E-state index is 13.1. The summed E-state index contributed by atoms with van der Waals surface area (Å²) in [4.78, 5) is 43.2. The number of thiazole rings is 1. The number of Topliss-reactive ketones (excluding diaryl/α,β-unsaturated/α-hetero) is 2. The molecule has 1 aliphatic heterocycles. The molecule has 4 unspecified atom stereocenters.